The van der Waals surface area contributed by atoms with Gasteiger partial charge in [0.2, 0.25) is 5.88 Å². The fraction of sp³-hybridized carbons (Fsp3) is 0.250. The molecule has 126 valence electrons. The topological polar surface area (TPSA) is 42.4 Å². The molecule has 1 aliphatic heterocycles. The first kappa shape index (κ1) is 16.8. The minimum atomic E-state index is -4.53. The van der Waals surface area contributed by atoms with E-state index in [4.69, 9.17) is 4.74 Å². The van der Waals surface area contributed by atoms with Gasteiger partial charge >= 0.3 is 6.18 Å². The fourth-order valence-electron chi connectivity index (χ4n) is 2.34. The molecular weight excluding hydrogens is 389 g/mol. The van der Waals surface area contributed by atoms with Crippen molar-refractivity contribution in [3.8, 4) is 5.88 Å². The number of benzene rings is 1. The molecule has 1 amide bonds. The third kappa shape index (κ3) is 3.53. The predicted molar refractivity (Wildman–Crippen MR) is 83.7 cm³/mol. The van der Waals surface area contributed by atoms with Crippen LogP contribution >= 0.6 is 15.9 Å². The van der Waals surface area contributed by atoms with E-state index in [2.05, 4.69) is 20.9 Å². The first-order valence-electron chi connectivity index (χ1n) is 7.08. The van der Waals surface area contributed by atoms with Crippen molar-refractivity contribution in [3.63, 3.8) is 0 Å². The van der Waals surface area contributed by atoms with Crippen molar-refractivity contribution >= 4 is 21.8 Å². The quantitative estimate of drug-likeness (QED) is 0.787. The maximum Gasteiger partial charge on any atom is 0.421 e. The highest BCUT2D eigenvalue weighted by Crippen LogP contribution is 2.35. The van der Waals surface area contributed by atoms with Crippen molar-refractivity contribution in [2.75, 3.05) is 13.1 Å². The van der Waals surface area contributed by atoms with Crippen LogP contribution in [-0.2, 0) is 6.18 Å². The maximum absolute atomic E-state index is 12.9. The molecule has 0 radical (unpaired) electrons. The number of nitrogens with zero attached hydrogens (tertiary/aromatic N) is 2. The van der Waals surface area contributed by atoms with Gasteiger partial charge in [-0.1, -0.05) is 22.0 Å². The summed E-state index contributed by atoms with van der Waals surface area (Å²) in [6.45, 7) is 0.443. The molecule has 0 spiro atoms. The summed E-state index contributed by atoms with van der Waals surface area (Å²) in [5, 5.41) is 0. The number of likely N-dealkylation sites (tertiary alicyclic amines) is 1. The second-order valence-electron chi connectivity index (χ2n) is 5.31. The van der Waals surface area contributed by atoms with Crippen LogP contribution in [0.5, 0.6) is 5.88 Å². The average molecular weight is 401 g/mol. The summed E-state index contributed by atoms with van der Waals surface area (Å²) >= 11 is 3.29. The molecule has 0 N–H and O–H groups in total. The highest BCUT2D eigenvalue weighted by Gasteiger charge is 2.38. The van der Waals surface area contributed by atoms with Crippen molar-refractivity contribution in [1.82, 2.24) is 9.88 Å². The molecule has 1 aliphatic rings. The molecule has 0 unspecified atom stereocenters. The molecule has 0 bridgehead atoms. The smallest absolute Gasteiger partial charge is 0.421 e. The molecule has 1 aromatic heterocycles. The van der Waals surface area contributed by atoms with Crippen LogP contribution in [-0.4, -0.2) is 35.0 Å². The Hall–Kier alpha value is -2.09. The van der Waals surface area contributed by atoms with Gasteiger partial charge in [-0.2, -0.15) is 13.2 Å². The largest absolute Gasteiger partial charge is 0.470 e. The zero-order chi connectivity index (χ0) is 17.3. The Kier molecular flexibility index (Phi) is 4.49. The van der Waals surface area contributed by atoms with Crippen molar-refractivity contribution < 1.29 is 22.7 Å². The number of aromatic nitrogens is 1. The molecule has 2 heterocycles. The number of pyridine rings is 1. The molecule has 3 rings (SSSR count). The Labute approximate surface area is 144 Å². The van der Waals surface area contributed by atoms with E-state index in [1.807, 2.05) is 0 Å². The molecule has 1 aromatic carbocycles. The van der Waals surface area contributed by atoms with Crippen molar-refractivity contribution in [2.24, 2.45) is 0 Å². The zero-order valence-electron chi connectivity index (χ0n) is 12.3. The van der Waals surface area contributed by atoms with Crippen molar-refractivity contribution in [2.45, 2.75) is 12.3 Å². The lowest BCUT2D eigenvalue weighted by atomic mass is 10.1. The van der Waals surface area contributed by atoms with Crippen LogP contribution in [0.3, 0.4) is 0 Å². The van der Waals surface area contributed by atoms with E-state index < -0.39 is 23.7 Å². The van der Waals surface area contributed by atoms with Crippen LogP contribution in [0, 0.1) is 0 Å². The normalized spacial score (nSPS) is 15.1. The first-order chi connectivity index (χ1) is 11.3. The van der Waals surface area contributed by atoms with Gasteiger partial charge in [0.25, 0.3) is 5.91 Å². The summed E-state index contributed by atoms with van der Waals surface area (Å²) in [6, 6.07) is 9.05. The predicted octanol–water partition coefficient (Wildman–Crippen LogP) is 3.77. The highest BCUT2D eigenvalue weighted by molar-refractivity contribution is 9.10. The Balaban J connectivity index is 1.63. The summed E-state index contributed by atoms with van der Waals surface area (Å²) < 4.78 is 44.8. The minimum Gasteiger partial charge on any atom is -0.470 e. The van der Waals surface area contributed by atoms with Gasteiger partial charge in [0, 0.05) is 16.2 Å². The Morgan fingerprint density at radius 1 is 1.25 bits per heavy atom. The molecule has 0 aliphatic carbocycles. The lowest BCUT2D eigenvalue weighted by Crippen LogP contribution is -2.56. The second-order valence-corrected chi connectivity index (χ2v) is 6.23. The van der Waals surface area contributed by atoms with Crippen LogP contribution in [0.15, 0.2) is 47.1 Å². The Morgan fingerprint density at radius 3 is 2.67 bits per heavy atom. The molecule has 0 atom stereocenters. The minimum absolute atomic E-state index is 0.187. The molecule has 1 saturated heterocycles. The number of hydrogen-bond donors (Lipinski definition) is 0. The number of amides is 1. The van der Waals surface area contributed by atoms with E-state index in [-0.39, 0.29) is 19.0 Å². The lowest BCUT2D eigenvalue weighted by Gasteiger charge is -2.39. The Morgan fingerprint density at radius 2 is 2.00 bits per heavy atom. The molecule has 24 heavy (non-hydrogen) atoms. The van der Waals surface area contributed by atoms with E-state index in [1.54, 1.807) is 24.3 Å². The summed E-state index contributed by atoms with van der Waals surface area (Å²) in [7, 11) is 0. The van der Waals surface area contributed by atoms with E-state index in [1.165, 1.54) is 17.2 Å². The van der Waals surface area contributed by atoms with Gasteiger partial charge in [-0.3, -0.25) is 4.79 Å². The molecule has 8 heteroatoms. The van der Waals surface area contributed by atoms with Crippen LogP contribution < -0.4 is 4.74 Å². The number of halogens is 4. The van der Waals surface area contributed by atoms with Gasteiger partial charge in [-0.15, -0.1) is 0 Å². The van der Waals surface area contributed by atoms with Gasteiger partial charge in [-0.05, 0) is 30.3 Å². The van der Waals surface area contributed by atoms with E-state index >= 15 is 0 Å². The lowest BCUT2D eigenvalue weighted by molar-refractivity contribution is -0.140. The number of rotatable bonds is 3. The first-order valence-corrected chi connectivity index (χ1v) is 7.87. The van der Waals surface area contributed by atoms with E-state index in [0.717, 1.165) is 10.5 Å². The van der Waals surface area contributed by atoms with E-state index in [9.17, 15) is 18.0 Å². The number of hydrogen-bond acceptors (Lipinski definition) is 3. The van der Waals surface area contributed by atoms with Gasteiger partial charge in [0.05, 0.1) is 13.1 Å². The van der Waals surface area contributed by atoms with Crippen LogP contribution in [0.2, 0.25) is 0 Å². The molecule has 4 nitrogen and oxygen atoms in total. The summed E-state index contributed by atoms with van der Waals surface area (Å²) in [5.41, 5.74) is -0.404. The zero-order valence-corrected chi connectivity index (χ0v) is 13.8. The van der Waals surface area contributed by atoms with Crippen molar-refractivity contribution in [3.05, 3.63) is 58.2 Å². The summed E-state index contributed by atoms with van der Waals surface area (Å²) in [6.07, 6.45) is -3.79. The van der Waals surface area contributed by atoms with Gasteiger partial charge in [0.1, 0.15) is 11.7 Å². The maximum atomic E-state index is 12.9. The third-order valence-electron chi connectivity index (χ3n) is 3.56. The molecular formula is C16H12BrF3N2O2. The SMILES string of the molecule is O=C(c1cccc(Br)c1)N1CC(Oc2ncccc2C(F)(F)F)C1. The van der Waals surface area contributed by atoms with Gasteiger partial charge < -0.3 is 9.64 Å². The van der Waals surface area contributed by atoms with Crippen LogP contribution in [0.25, 0.3) is 0 Å². The molecule has 1 fully saturated rings. The van der Waals surface area contributed by atoms with Crippen LogP contribution in [0.1, 0.15) is 15.9 Å². The number of alkyl halides is 3. The standard InChI is InChI=1S/C16H12BrF3N2O2/c17-11-4-1-3-10(7-11)15(23)22-8-12(9-22)24-14-13(16(18,19)20)5-2-6-21-14/h1-7,12H,8-9H2. The Bertz CT molecular complexity index is 761. The van der Waals surface area contributed by atoms with Gasteiger partial charge in [-0.25, -0.2) is 4.98 Å². The number of carbonyl (C=O) groups excluding carboxylic acids is 1. The number of ether oxygens (including phenoxy) is 1. The monoisotopic (exact) mass is 400 g/mol. The fourth-order valence-corrected chi connectivity index (χ4v) is 2.74. The third-order valence-corrected chi connectivity index (χ3v) is 4.05. The average Bonchev–Trinajstić information content (AvgIpc) is 2.49. The number of carbonyl (C=O) groups is 1. The summed E-state index contributed by atoms with van der Waals surface area (Å²) in [4.78, 5) is 17.4. The van der Waals surface area contributed by atoms with Gasteiger partial charge in [0.15, 0.2) is 0 Å². The van der Waals surface area contributed by atoms with E-state index in [0.29, 0.717) is 5.56 Å². The molecule has 0 saturated carbocycles. The summed E-state index contributed by atoms with van der Waals surface area (Å²) in [5.74, 6) is -0.641. The second kappa shape index (κ2) is 6.43. The highest BCUT2D eigenvalue weighted by atomic mass is 79.9. The van der Waals surface area contributed by atoms with Crippen LogP contribution in [0.4, 0.5) is 13.2 Å². The van der Waals surface area contributed by atoms with Crippen molar-refractivity contribution in [1.29, 1.82) is 0 Å². The molecule has 2 aromatic rings.